The van der Waals surface area contributed by atoms with E-state index in [-0.39, 0.29) is 12.7 Å². The highest BCUT2D eigenvalue weighted by molar-refractivity contribution is 6.11. The van der Waals surface area contributed by atoms with Crippen LogP contribution in [0.2, 0.25) is 0 Å². The first-order chi connectivity index (χ1) is 13.2. The minimum atomic E-state index is -0.834. The molecule has 2 atom stereocenters. The van der Waals surface area contributed by atoms with E-state index in [1.807, 2.05) is 31.3 Å². The number of hydrogen-bond donors (Lipinski definition) is 0. The number of carbonyl (C=O) groups is 1. The van der Waals surface area contributed by atoms with Gasteiger partial charge in [-0.15, -0.1) is 0 Å². The lowest BCUT2D eigenvalue weighted by molar-refractivity contribution is -0.121. The molecule has 6 nitrogen and oxygen atoms in total. The Kier molecular flexibility index (Phi) is 2.93. The highest BCUT2D eigenvalue weighted by atomic mass is 16.7. The van der Waals surface area contributed by atoms with Crippen molar-refractivity contribution in [3.63, 3.8) is 0 Å². The number of benzene rings is 2. The zero-order valence-electron chi connectivity index (χ0n) is 15.0. The van der Waals surface area contributed by atoms with E-state index in [0.29, 0.717) is 36.4 Å². The van der Waals surface area contributed by atoms with Crippen LogP contribution in [0.25, 0.3) is 0 Å². The summed E-state index contributed by atoms with van der Waals surface area (Å²) in [5, 5.41) is 0. The first-order valence-electron chi connectivity index (χ1n) is 9.26. The molecule has 6 heteroatoms. The Labute approximate surface area is 156 Å². The lowest BCUT2D eigenvalue weighted by Gasteiger charge is -2.25. The molecule has 0 aliphatic carbocycles. The quantitative estimate of drug-likeness (QED) is 0.777. The summed E-state index contributed by atoms with van der Waals surface area (Å²) >= 11 is 0. The lowest BCUT2D eigenvalue weighted by Crippen LogP contribution is -2.41. The van der Waals surface area contributed by atoms with Crippen LogP contribution in [0, 0.1) is 0 Å². The molecule has 1 fully saturated rings. The molecule has 0 radical (unpaired) electrons. The van der Waals surface area contributed by atoms with Crippen LogP contribution in [0.5, 0.6) is 17.2 Å². The van der Waals surface area contributed by atoms with Crippen molar-refractivity contribution < 1.29 is 23.7 Å². The first kappa shape index (κ1) is 15.3. The molecule has 4 aliphatic heterocycles. The van der Waals surface area contributed by atoms with E-state index in [1.54, 1.807) is 4.90 Å². The molecule has 2 aromatic rings. The standard InChI is InChI=1S/C21H19NO5/c1-22-15-4-2-3-13(12-5-6-24-9-12)19(15)21(20(22)23)10-25-16-8-18-17(7-14(16)21)26-11-27-18/h2-4,7-8,12H,5-6,9-11H2,1H3. The minimum absolute atomic E-state index is 0.0430. The smallest absolute Gasteiger partial charge is 0.245 e. The predicted octanol–water partition coefficient (Wildman–Crippen LogP) is 2.57. The SMILES string of the molecule is CN1C(=O)C2(COc3cc4c(cc32)OCO4)c2c(C3CCOC3)cccc21. The summed E-state index contributed by atoms with van der Waals surface area (Å²) in [6.07, 6.45) is 0.972. The van der Waals surface area contributed by atoms with E-state index in [1.165, 1.54) is 5.56 Å². The largest absolute Gasteiger partial charge is 0.491 e. The fourth-order valence-electron chi connectivity index (χ4n) is 4.95. The average Bonchev–Trinajstić information content (AvgIpc) is 3.46. The molecular formula is C21H19NO5. The van der Waals surface area contributed by atoms with Crippen LogP contribution in [0.15, 0.2) is 30.3 Å². The molecule has 138 valence electrons. The Morgan fingerprint density at radius 3 is 2.78 bits per heavy atom. The molecule has 1 amide bonds. The van der Waals surface area contributed by atoms with Crippen LogP contribution in [-0.2, 0) is 14.9 Å². The van der Waals surface area contributed by atoms with E-state index in [0.717, 1.165) is 29.8 Å². The second-order valence-corrected chi connectivity index (χ2v) is 7.56. The van der Waals surface area contributed by atoms with Gasteiger partial charge in [-0.25, -0.2) is 0 Å². The van der Waals surface area contributed by atoms with Gasteiger partial charge in [-0.2, -0.15) is 0 Å². The van der Waals surface area contributed by atoms with Gasteiger partial charge in [0.05, 0.1) is 6.61 Å². The number of nitrogens with zero attached hydrogens (tertiary/aromatic N) is 1. The monoisotopic (exact) mass is 365 g/mol. The molecular weight excluding hydrogens is 346 g/mol. The van der Waals surface area contributed by atoms with Gasteiger partial charge >= 0.3 is 0 Å². The summed E-state index contributed by atoms with van der Waals surface area (Å²) < 4.78 is 22.7. The van der Waals surface area contributed by atoms with E-state index >= 15 is 0 Å². The van der Waals surface area contributed by atoms with E-state index in [4.69, 9.17) is 18.9 Å². The van der Waals surface area contributed by atoms with Crippen LogP contribution >= 0.6 is 0 Å². The zero-order chi connectivity index (χ0) is 18.2. The van der Waals surface area contributed by atoms with Crippen LogP contribution in [0.3, 0.4) is 0 Å². The third-order valence-corrected chi connectivity index (χ3v) is 6.28. The van der Waals surface area contributed by atoms with Crippen LogP contribution in [0.1, 0.15) is 29.0 Å². The molecule has 27 heavy (non-hydrogen) atoms. The number of ether oxygens (including phenoxy) is 4. The maximum Gasteiger partial charge on any atom is 0.245 e. The van der Waals surface area contributed by atoms with Crippen molar-refractivity contribution in [1.29, 1.82) is 0 Å². The maximum absolute atomic E-state index is 13.6. The predicted molar refractivity (Wildman–Crippen MR) is 96.9 cm³/mol. The highest BCUT2D eigenvalue weighted by Gasteiger charge is 2.58. The van der Waals surface area contributed by atoms with Gasteiger partial charge in [0.1, 0.15) is 17.8 Å². The number of fused-ring (bicyclic) bond motifs is 5. The Morgan fingerprint density at radius 2 is 1.96 bits per heavy atom. The van der Waals surface area contributed by atoms with Crippen LogP contribution in [-0.4, -0.2) is 39.6 Å². The Hall–Kier alpha value is -2.73. The van der Waals surface area contributed by atoms with Crippen molar-refractivity contribution in [3.05, 3.63) is 47.0 Å². The summed E-state index contributed by atoms with van der Waals surface area (Å²) in [4.78, 5) is 15.3. The lowest BCUT2D eigenvalue weighted by atomic mass is 9.73. The summed E-state index contributed by atoms with van der Waals surface area (Å²) in [5.74, 6) is 2.38. The number of anilines is 1. The van der Waals surface area contributed by atoms with Gasteiger partial charge < -0.3 is 23.8 Å². The molecule has 0 aromatic heterocycles. The number of amides is 1. The van der Waals surface area contributed by atoms with E-state index in [2.05, 4.69) is 6.07 Å². The molecule has 4 aliphatic rings. The van der Waals surface area contributed by atoms with Gasteiger partial charge in [0.25, 0.3) is 0 Å². The summed E-state index contributed by atoms with van der Waals surface area (Å²) in [7, 11) is 1.84. The molecule has 0 bridgehead atoms. The number of rotatable bonds is 1. The number of carbonyl (C=O) groups excluding carboxylic acids is 1. The number of likely N-dealkylation sites (N-methyl/N-ethyl adjacent to an activating group) is 1. The van der Waals surface area contributed by atoms with Gasteiger partial charge in [0.2, 0.25) is 12.7 Å². The van der Waals surface area contributed by atoms with Gasteiger partial charge in [0.15, 0.2) is 11.5 Å². The second kappa shape index (κ2) is 5.16. The summed E-state index contributed by atoms with van der Waals surface area (Å²) in [5.41, 5.74) is 3.24. The van der Waals surface area contributed by atoms with Gasteiger partial charge in [-0.3, -0.25) is 4.79 Å². The molecule has 0 N–H and O–H groups in total. The van der Waals surface area contributed by atoms with Crippen molar-refractivity contribution in [2.75, 3.05) is 38.6 Å². The van der Waals surface area contributed by atoms with Crippen molar-refractivity contribution in [2.24, 2.45) is 0 Å². The topological polar surface area (TPSA) is 57.2 Å². The molecule has 1 spiro atoms. The van der Waals surface area contributed by atoms with Crippen molar-refractivity contribution in [1.82, 2.24) is 0 Å². The van der Waals surface area contributed by atoms with Gasteiger partial charge in [-0.1, -0.05) is 12.1 Å². The minimum Gasteiger partial charge on any atom is -0.491 e. The van der Waals surface area contributed by atoms with E-state index < -0.39 is 5.41 Å². The van der Waals surface area contributed by atoms with Crippen molar-refractivity contribution in [2.45, 2.75) is 17.8 Å². The highest BCUT2D eigenvalue weighted by Crippen LogP contribution is 2.56. The van der Waals surface area contributed by atoms with Crippen molar-refractivity contribution in [3.8, 4) is 17.2 Å². The number of hydrogen-bond acceptors (Lipinski definition) is 5. The average molecular weight is 365 g/mol. The first-order valence-corrected chi connectivity index (χ1v) is 9.26. The fraction of sp³-hybridized carbons (Fsp3) is 0.381. The molecule has 4 heterocycles. The Balaban J connectivity index is 1.62. The zero-order valence-corrected chi connectivity index (χ0v) is 15.0. The van der Waals surface area contributed by atoms with Crippen LogP contribution in [0.4, 0.5) is 5.69 Å². The maximum atomic E-state index is 13.6. The fourth-order valence-corrected chi connectivity index (χ4v) is 4.95. The Bertz CT molecular complexity index is 981. The summed E-state index contributed by atoms with van der Waals surface area (Å²) in [6.45, 7) is 1.95. The van der Waals surface area contributed by atoms with Gasteiger partial charge in [-0.05, 0) is 24.1 Å². The molecule has 2 unspecified atom stereocenters. The third-order valence-electron chi connectivity index (χ3n) is 6.28. The molecule has 1 saturated heterocycles. The Morgan fingerprint density at radius 1 is 1.11 bits per heavy atom. The molecule has 6 rings (SSSR count). The van der Waals surface area contributed by atoms with Crippen molar-refractivity contribution >= 4 is 11.6 Å². The van der Waals surface area contributed by atoms with E-state index in [9.17, 15) is 4.79 Å². The second-order valence-electron chi connectivity index (χ2n) is 7.56. The normalized spacial score (nSPS) is 27.2. The third kappa shape index (κ3) is 1.81. The van der Waals surface area contributed by atoms with Gasteiger partial charge in [0, 0.05) is 42.5 Å². The summed E-state index contributed by atoms with van der Waals surface area (Å²) in [6, 6.07) is 9.96. The molecule has 0 saturated carbocycles. The molecule has 2 aromatic carbocycles. The van der Waals surface area contributed by atoms with Crippen LogP contribution < -0.4 is 19.1 Å².